The smallest absolute Gasteiger partial charge is 0.327 e. The molecule has 0 aromatic rings. The van der Waals surface area contributed by atoms with Gasteiger partial charge in [0.25, 0.3) is 0 Å². The van der Waals surface area contributed by atoms with Gasteiger partial charge in [0, 0.05) is 17.0 Å². The Labute approximate surface area is 114 Å². The van der Waals surface area contributed by atoms with Crippen molar-refractivity contribution in [2.24, 2.45) is 0 Å². The lowest BCUT2D eigenvalue weighted by molar-refractivity contribution is -0.150. The van der Waals surface area contributed by atoms with Crippen molar-refractivity contribution in [1.29, 1.82) is 0 Å². The molecule has 0 radical (unpaired) electrons. The van der Waals surface area contributed by atoms with Gasteiger partial charge in [-0.2, -0.15) is 11.8 Å². The highest BCUT2D eigenvalue weighted by Crippen LogP contribution is 2.36. The Kier molecular flexibility index (Phi) is 4.96. The highest BCUT2D eigenvalue weighted by molar-refractivity contribution is 8.00. The van der Waals surface area contributed by atoms with E-state index in [2.05, 4.69) is 12.2 Å². The van der Waals surface area contributed by atoms with Gasteiger partial charge in [0.2, 0.25) is 0 Å². The van der Waals surface area contributed by atoms with Crippen LogP contribution in [0.25, 0.3) is 0 Å². The first kappa shape index (κ1) is 14.2. The minimum Gasteiger partial charge on any atom is -0.465 e. The van der Waals surface area contributed by atoms with Crippen molar-refractivity contribution >= 4 is 17.7 Å². The molecule has 0 spiro atoms. The van der Waals surface area contributed by atoms with E-state index in [-0.39, 0.29) is 5.97 Å². The fourth-order valence-corrected chi connectivity index (χ4v) is 4.39. The molecule has 2 atom stereocenters. The first-order valence-electron chi connectivity index (χ1n) is 7.23. The molecule has 4 heteroatoms. The molecule has 1 heterocycles. The second kappa shape index (κ2) is 6.29. The molecule has 1 saturated heterocycles. The van der Waals surface area contributed by atoms with Gasteiger partial charge in [0.05, 0.1) is 6.61 Å². The molecule has 1 N–H and O–H groups in total. The van der Waals surface area contributed by atoms with Crippen LogP contribution < -0.4 is 5.32 Å². The van der Waals surface area contributed by atoms with Crippen molar-refractivity contribution in [3.8, 4) is 0 Å². The molecule has 0 bridgehead atoms. The standard InChI is InChI=1S/C14H25NO2S/c1-3-17-13(16)14(9-11(2)18-10-14)15-12-7-5-4-6-8-12/h11-12,15H,3-10H2,1-2H3. The fourth-order valence-electron chi connectivity index (χ4n) is 3.10. The molecular formula is C14H25NO2S. The zero-order valence-corrected chi connectivity index (χ0v) is 12.4. The summed E-state index contributed by atoms with van der Waals surface area (Å²) in [7, 11) is 0. The molecule has 18 heavy (non-hydrogen) atoms. The summed E-state index contributed by atoms with van der Waals surface area (Å²) in [6.45, 7) is 4.57. The predicted molar refractivity (Wildman–Crippen MR) is 75.9 cm³/mol. The Balaban J connectivity index is 2.02. The number of thioether (sulfide) groups is 1. The van der Waals surface area contributed by atoms with E-state index in [1.54, 1.807) is 0 Å². The third-order valence-corrected chi connectivity index (χ3v) is 5.40. The Morgan fingerprint density at radius 3 is 2.67 bits per heavy atom. The van der Waals surface area contributed by atoms with Gasteiger partial charge >= 0.3 is 5.97 Å². The summed E-state index contributed by atoms with van der Waals surface area (Å²) < 4.78 is 5.30. The highest BCUT2D eigenvalue weighted by Gasteiger charge is 2.46. The molecule has 104 valence electrons. The lowest BCUT2D eigenvalue weighted by Crippen LogP contribution is -2.57. The molecule has 2 aliphatic rings. The van der Waals surface area contributed by atoms with Gasteiger partial charge < -0.3 is 4.74 Å². The highest BCUT2D eigenvalue weighted by atomic mass is 32.2. The molecule has 0 aromatic carbocycles. The van der Waals surface area contributed by atoms with E-state index in [9.17, 15) is 4.79 Å². The Hall–Kier alpha value is -0.220. The number of hydrogen-bond donors (Lipinski definition) is 1. The second-order valence-corrected chi connectivity index (χ2v) is 7.03. The summed E-state index contributed by atoms with van der Waals surface area (Å²) >= 11 is 1.88. The van der Waals surface area contributed by atoms with Gasteiger partial charge in [-0.15, -0.1) is 0 Å². The number of esters is 1. The van der Waals surface area contributed by atoms with Crippen LogP contribution in [-0.4, -0.2) is 35.2 Å². The quantitative estimate of drug-likeness (QED) is 0.798. The number of carbonyl (C=O) groups is 1. The molecule has 1 saturated carbocycles. The first-order valence-corrected chi connectivity index (χ1v) is 8.28. The average Bonchev–Trinajstić information content (AvgIpc) is 2.74. The molecule has 2 rings (SSSR count). The fraction of sp³-hybridized carbons (Fsp3) is 0.929. The molecular weight excluding hydrogens is 246 g/mol. The lowest BCUT2D eigenvalue weighted by Gasteiger charge is -2.34. The van der Waals surface area contributed by atoms with Crippen molar-refractivity contribution in [3.05, 3.63) is 0 Å². The van der Waals surface area contributed by atoms with Crippen molar-refractivity contribution in [1.82, 2.24) is 5.32 Å². The Bertz CT molecular complexity index is 292. The maximum absolute atomic E-state index is 12.3. The number of hydrogen-bond acceptors (Lipinski definition) is 4. The SMILES string of the molecule is CCOC(=O)C1(NC2CCCCC2)CSC(C)C1. The van der Waals surface area contributed by atoms with Gasteiger partial charge in [-0.25, -0.2) is 0 Å². The topological polar surface area (TPSA) is 38.3 Å². The van der Waals surface area contributed by atoms with Crippen LogP contribution in [0.3, 0.4) is 0 Å². The van der Waals surface area contributed by atoms with Gasteiger partial charge in [-0.3, -0.25) is 10.1 Å². The molecule has 1 aliphatic carbocycles. The van der Waals surface area contributed by atoms with Crippen LogP contribution in [-0.2, 0) is 9.53 Å². The summed E-state index contributed by atoms with van der Waals surface area (Å²) in [6, 6.07) is 0.508. The number of rotatable bonds is 4. The molecule has 1 aliphatic heterocycles. The van der Waals surface area contributed by atoms with Crippen LogP contribution in [0, 0.1) is 0 Å². The third kappa shape index (κ3) is 3.21. The Morgan fingerprint density at radius 1 is 1.39 bits per heavy atom. The van der Waals surface area contributed by atoms with Gasteiger partial charge in [0.15, 0.2) is 0 Å². The van der Waals surface area contributed by atoms with Crippen LogP contribution in [0.15, 0.2) is 0 Å². The molecule has 3 nitrogen and oxygen atoms in total. The maximum Gasteiger partial charge on any atom is 0.327 e. The zero-order valence-electron chi connectivity index (χ0n) is 11.5. The lowest BCUT2D eigenvalue weighted by atomic mass is 9.89. The second-order valence-electron chi connectivity index (χ2n) is 5.61. The minimum absolute atomic E-state index is 0.0348. The largest absolute Gasteiger partial charge is 0.465 e. The number of nitrogens with one attached hydrogen (secondary N) is 1. The van der Waals surface area contributed by atoms with Gasteiger partial charge in [-0.05, 0) is 26.2 Å². The monoisotopic (exact) mass is 271 g/mol. The van der Waals surface area contributed by atoms with Crippen LogP contribution in [0.2, 0.25) is 0 Å². The zero-order chi connectivity index (χ0) is 13.0. The summed E-state index contributed by atoms with van der Waals surface area (Å²) in [4.78, 5) is 12.3. The minimum atomic E-state index is -0.415. The van der Waals surface area contributed by atoms with E-state index >= 15 is 0 Å². The van der Waals surface area contributed by atoms with Crippen LogP contribution >= 0.6 is 11.8 Å². The van der Waals surface area contributed by atoms with Gasteiger partial charge in [-0.1, -0.05) is 26.2 Å². The number of carbonyl (C=O) groups excluding carboxylic acids is 1. The van der Waals surface area contributed by atoms with Crippen molar-refractivity contribution in [2.45, 2.75) is 69.2 Å². The average molecular weight is 271 g/mol. The summed E-state index contributed by atoms with van der Waals surface area (Å²) in [5.74, 6) is 0.830. The van der Waals surface area contributed by atoms with Crippen molar-refractivity contribution in [2.75, 3.05) is 12.4 Å². The summed E-state index contributed by atoms with van der Waals surface area (Å²) in [6.07, 6.45) is 7.25. The van der Waals surface area contributed by atoms with Crippen LogP contribution in [0.4, 0.5) is 0 Å². The molecule has 2 fully saturated rings. The van der Waals surface area contributed by atoms with Crippen molar-refractivity contribution in [3.63, 3.8) is 0 Å². The maximum atomic E-state index is 12.3. The van der Waals surface area contributed by atoms with E-state index in [1.165, 1.54) is 32.1 Å². The van der Waals surface area contributed by atoms with E-state index < -0.39 is 5.54 Å². The summed E-state index contributed by atoms with van der Waals surface area (Å²) in [5.41, 5.74) is -0.415. The third-order valence-electron chi connectivity index (χ3n) is 4.00. The van der Waals surface area contributed by atoms with E-state index in [0.29, 0.717) is 17.9 Å². The van der Waals surface area contributed by atoms with E-state index in [4.69, 9.17) is 4.74 Å². The van der Waals surface area contributed by atoms with Crippen molar-refractivity contribution < 1.29 is 9.53 Å². The van der Waals surface area contributed by atoms with E-state index in [0.717, 1.165) is 12.2 Å². The number of ether oxygens (including phenoxy) is 1. The Morgan fingerprint density at radius 2 is 2.11 bits per heavy atom. The molecule has 0 aromatic heterocycles. The van der Waals surface area contributed by atoms with E-state index in [1.807, 2.05) is 18.7 Å². The van der Waals surface area contributed by atoms with Crippen LogP contribution in [0.5, 0.6) is 0 Å². The van der Waals surface area contributed by atoms with Crippen LogP contribution in [0.1, 0.15) is 52.4 Å². The predicted octanol–water partition coefficient (Wildman–Crippen LogP) is 2.74. The molecule has 0 amide bonds. The summed E-state index contributed by atoms with van der Waals surface area (Å²) in [5, 5.41) is 4.20. The molecule has 2 unspecified atom stereocenters. The van der Waals surface area contributed by atoms with Gasteiger partial charge in [0.1, 0.15) is 5.54 Å². The first-order chi connectivity index (χ1) is 8.66. The normalized spacial score (nSPS) is 33.6.